The second-order valence-corrected chi connectivity index (χ2v) is 6.69. The summed E-state index contributed by atoms with van der Waals surface area (Å²) in [5.74, 6) is 2.48. The summed E-state index contributed by atoms with van der Waals surface area (Å²) in [5, 5.41) is 3.46. The number of nitrogens with zero attached hydrogens (tertiary/aromatic N) is 2. The molecule has 1 saturated carbocycles. The van der Waals surface area contributed by atoms with E-state index in [0.29, 0.717) is 5.92 Å². The maximum absolute atomic E-state index is 4.88. The minimum Gasteiger partial charge on any atom is -0.369 e. The molecule has 0 aliphatic heterocycles. The molecule has 0 bridgehead atoms. The van der Waals surface area contributed by atoms with E-state index in [9.17, 15) is 0 Å². The third-order valence-corrected chi connectivity index (χ3v) is 4.83. The number of aromatic nitrogens is 2. The normalized spacial score (nSPS) is 14.2. The van der Waals surface area contributed by atoms with Gasteiger partial charge in [0.1, 0.15) is 5.82 Å². The molecule has 0 saturated heterocycles. The summed E-state index contributed by atoms with van der Waals surface area (Å²) in [4.78, 5) is 9.66. The van der Waals surface area contributed by atoms with Crippen molar-refractivity contribution in [3.63, 3.8) is 0 Å². The van der Waals surface area contributed by atoms with Gasteiger partial charge in [0.05, 0.1) is 9.26 Å². The van der Waals surface area contributed by atoms with E-state index < -0.39 is 0 Å². The molecule has 0 amide bonds. The maximum Gasteiger partial charge on any atom is 0.162 e. The van der Waals surface area contributed by atoms with Gasteiger partial charge in [-0.05, 0) is 54.3 Å². The van der Waals surface area contributed by atoms with E-state index in [1.807, 2.05) is 0 Å². The van der Waals surface area contributed by atoms with Crippen LogP contribution in [0.25, 0.3) is 11.4 Å². The van der Waals surface area contributed by atoms with Gasteiger partial charge < -0.3 is 5.32 Å². The molecule has 1 fully saturated rings. The van der Waals surface area contributed by atoms with Crippen molar-refractivity contribution < 1.29 is 0 Å². The molecule has 0 unspecified atom stereocenters. The smallest absolute Gasteiger partial charge is 0.162 e. The monoisotopic (exact) mass is 393 g/mol. The summed E-state index contributed by atoms with van der Waals surface area (Å²) in [6.07, 6.45) is 3.61. The summed E-state index contributed by atoms with van der Waals surface area (Å²) < 4.78 is 1.20. The van der Waals surface area contributed by atoms with Crippen molar-refractivity contribution in [2.24, 2.45) is 0 Å². The first kappa shape index (κ1) is 14.8. The molecular formula is C17H20IN3. The number of anilines is 1. The van der Waals surface area contributed by atoms with Crippen molar-refractivity contribution in [3.05, 3.63) is 39.1 Å². The van der Waals surface area contributed by atoms with Crippen LogP contribution in [0.15, 0.2) is 24.3 Å². The van der Waals surface area contributed by atoms with Gasteiger partial charge in [0.25, 0.3) is 0 Å². The highest BCUT2D eigenvalue weighted by atomic mass is 127. The molecule has 1 N–H and O–H groups in total. The largest absolute Gasteiger partial charge is 0.369 e. The first-order valence-corrected chi connectivity index (χ1v) is 8.66. The number of hydrogen-bond donors (Lipinski definition) is 1. The summed E-state index contributed by atoms with van der Waals surface area (Å²) in [7, 11) is 0. The van der Waals surface area contributed by atoms with Crippen molar-refractivity contribution in [2.75, 3.05) is 11.9 Å². The van der Waals surface area contributed by atoms with Gasteiger partial charge in [0.2, 0.25) is 0 Å². The molecular weight excluding hydrogens is 373 g/mol. The highest BCUT2D eigenvalue weighted by molar-refractivity contribution is 14.1. The Labute approximate surface area is 139 Å². The lowest BCUT2D eigenvalue weighted by Crippen LogP contribution is -2.09. The minimum atomic E-state index is 0.629. The third kappa shape index (κ3) is 3.20. The molecule has 3 nitrogen and oxygen atoms in total. The average Bonchev–Trinajstić information content (AvgIpc) is 3.31. The van der Waals surface area contributed by atoms with Gasteiger partial charge in [-0.2, -0.15) is 0 Å². The van der Waals surface area contributed by atoms with Crippen LogP contribution in [-0.2, 0) is 0 Å². The molecule has 1 heterocycles. The summed E-state index contributed by atoms with van der Waals surface area (Å²) in [6, 6.07) is 8.34. The lowest BCUT2D eigenvalue weighted by molar-refractivity contribution is 0.938. The standard InChI is InChI=1S/C17H20IN3/c1-3-10-19-17-14(18)15(12-8-9-12)20-16(21-17)13-7-5-4-6-11(13)2/h4-7,12H,3,8-10H2,1-2H3,(H,19,20,21). The molecule has 110 valence electrons. The van der Waals surface area contributed by atoms with Crippen LogP contribution in [0.2, 0.25) is 0 Å². The summed E-state index contributed by atoms with van der Waals surface area (Å²) in [5.41, 5.74) is 3.58. The van der Waals surface area contributed by atoms with Crippen LogP contribution in [-0.4, -0.2) is 16.5 Å². The van der Waals surface area contributed by atoms with Crippen LogP contribution in [0.4, 0.5) is 5.82 Å². The van der Waals surface area contributed by atoms with Crippen molar-refractivity contribution >= 4 is 28.4 Å². The Hall–Kier alpha value is -1.17. The zero-order chi connectivity index (χ0) is 14.8. The zero-order valence-electron chi connectivity index (χ0n) is 12.5. The fourth-order valence-corrected chi connectivity index (χ4v) is 3.27. The number of nitrogens with one attached hydrogen (secondary N) is 1. The summed E-state index contributed by atoms with van der Waals surface area (Å²) >= 11 is 2.39. The second-order valence-electron chi connectivity index (χ2n) is 5.61. The van der Waals surface area contributed by atoms with Crippen molar-refractivity contribution in [2.45, 2.75) is 39.0 Å². The van der Waals surface area contributed by atoms with Gasteiger partial charge in [-0.15, -0.1) is 0 Å². The van der Waals surface area contributed by atoms with E-state index in [2.05, 4.69) is 66.0 Å². The molecule has 0 spiro atoms. The molecule has 21 heavy (non-hydrogen) atoms. The fraction of sp³-hybridized carbons (Fsp3) is 0.412. The Bertz CT molecular complexity index is 650. The van der Waals surface area contributed by atoms with Crippen LogP contribution in [0, 0.1) is 10.5 Å². The highest BCUT2D eigenvalue weighted by Gasteiger charge is 2.29. The maximum atomic E-state index is 4.88. The molecule has 1 aliphatic carbocycles. The minimum absolute atomic E-state index is 0.629. The third-order valence-electron chi connectivity index (χ3n) is 3.77. The Morgan fingerprint density at radius 2 is 2.00 bits per heavy atom. The number of hydrogen-bond acceptors (Lipinski definition) is 3. The quantitative estimate of drug-likeness (QED) is 0.745. The Balaban J connectivity index is 2.08. The van der Waals surface area contributed by atoms with Crippen LogP contribution in [0.5, 0.6) is 0 Å². The van der Waals surface area contributed by atoms with Crippen molar-refractivity contribution in [1.82, 2.24) is 9.97 Å². The van der Waals surface area contributed by atoms with Crippen LogP contribution >= 0.6 is 22.6 Å². The Morgan fingerprint density at radius 3 is 2.67 bits per heavy atom. The van der Waals surface area contributed by atoms with Gasteiger partial charge in [-0.3, -0.25) is 0 Å². The van der Waals surface area contributed by atoms with Crippen LogP contribution in [0.3, 0.4) is 0 Å². The average molecular weight is 393 g/mol. The van der Waals surface area contributed by atoms with E-state index in [1.165, 1.54) is 27.7 Å². The first-order valence-electron chi connectivity index (χ1n) is 7.58. The number of halogens is 1. The second kappa shape index (κ2) is 6.30. The van der Waals surface area contributed by atoms with Crippen LogP contribution < -0.4 is 5.32 Å². The van der Waals surface area contributed by atoms with E-state index in [0.717, 1.165) is 30.2 Å². The van der Waals surface area contributed by atoms with Crippen LogP contribution in [0.1, 0.15) is 43.4 Å². The molecule has 3 rings (SSSR count). The fourth-order valence-electron chi connectivity index (χ4n) is 2.40. The molecule has 4 heteroatoms. The van der Waals surface area contributed by atoms with Crippen molar-refractivity contribution in [1.29, 1.82) is 0 Å². The first-order chi connectivity index (χ1) is 10.2. The van der Waals surface area contributed by atoms with Crippen molar-refractivity contribution in [3.8, 4) is 11.4 Å². The summed E-state index contributed by atoms with van der Waals surface area (Å²) in [6.45, 7) is 5.24. The number of rotatable bonds is 5. The molecule has 0 atom stereocenters. The van der Waals surface area contributed by atoms with Gasteiger partial charge in [-0.25, -0.2) is 9.97 Å². The molecule has 1 aliphatic rings. The zero-order valence-corrected chi connectivity index (χ0v) is 14.6. The van der Waals surface area contributed by atoms with Gasteiger partial charge in [0, 0.05) is 18.0 Å². The lowest BCUT2D eigenvalue weighted by Gasteiger charge is -2.13. The molecule has 0 radical (unpaired) electrons. The van der Waals surface area contributed by atoms with E-state index >= 15 is 0 Å². The van der Waals surface area contributed by atoms with Gasteiger partial charge in [-0.1, -0.05) is 31.2 Å². The highest BCUT2D eigenvalue weighted by Crippen LogP contribution is 2.43. The van der Waals surface area contributed by atoms with E-state index in [4.69, 9.17) is 9.97 Å². The molecule has 1 aromatic carbocycles. The van der Waals surface area contributed by atoms with Gasteiger partial charge in [0.15, 0.2) is 5.82 Å². The molecule has 1 aromatic heterocycles. The number of aryl methyl sites for hydroxylation is 1. The lowest BCUT2D eigenvalue weighted by atomic mass is 10.1. The van der Waals surface area contributed by atoms with E-state index in [1.54, 1.807) is 0 Å². The topological polar surface area (TPSA) is 37.8 Å². The predicted molar refractivity (Wildman–Crippen MR) is 95.7 cm³/mol. The Kier molecular flexibility index (Phi) is 4.42. The molecule has 2 aromatic rings. The SMILES string of the molecule is CCCNc1nc(-c2ccccc2C)nc(C2CC2)c1I. The predicted octanol–water partition coefficient (Wildman–Crippen LogP) is 4.76. The van der Waals surface area contributed by atoms with E-state index in [-0.39, 0.29) is 0 Å². The Morgan fingerprint density at radius 1 is 1.24 bits per heavy atom. The van der Waals surface area contributed by atoms with Gasteiger partial charge >= 0.3 is 0 Å². The number of benzene rings is 1.